The van der Waals surface area contributed by atoms with E-state index in [1.165, 1.54) is 43.3 Å². The van der Waals surface area contributed by atoms with Crippen LogP contribution in [0, 0.1) is 11.8 Å². The van der Waals surface area contributed by atoms with Crippen molar-refractivity contribution in [3.05, 3.63) is 30.2 Å². The Balaban J connectivity index is 0.00000196. The topological polar surface area (TPSA) is 0 Å². The van der Waals surface area contributed by atoms with Crippen molar-refractivity contribution in [3.63, 3.8) is 0 Å². The molecule has 0 amide bonds. The van der Waals surface area contributed by atoms with E-state index >= 15 is 0 Å². The van der Waals surface area contributed by atoms with Crippen LogP contribution in [-0.4, -0.2) is 0 Å². The first kappa shape index (κ1) is 15.2. The van der Waals surface area contributed by atoms with Crippen LogP contribution in [0.3, 0.4) is 0 Å². The maximum absolute atomic E-state index is 4.20. The van der Waals surface area contributed by atoms with E-state index in [0.717, 1.165) is 6.42 Å². The molecule has 1 unspecified atom stereocenters. The van der Waals surface area contributed by atoms with Gasteiger partial charge in [-0.1, -0.05) is 31.9 Å². The zero-order valence-corrected chi connectivity index (χ0v) is 12.1. The van der Waals surface area contributed by atoms with Crippen molar-refractivity contribution in [2.45, 2.75) is 52.4 Å². The molecule has 0 aromatic rings. The van der Waals surface area contributed by atoms with Crippen molar-refractivity contribution in [1.29, 1.82) is 0 Å². The summed E-state index contributed by atoms with van der Waals surface area (Å²) >= 11 is 0. The van der Waals surface area contributed by atoms with Crippen LogP contribution in [0.5, 0.6) is 0 Å². The molecule has 1 fully saturated rings. The Morgan fingerprint density at radius 1 is 1.53 bits per heavy atom. The van der Waals surface area contributed by atoms with Gasteiger partial charge in [-0.05, 0) is 19.3 Å². The van der Waals surface area contributed by atoms with Crippen molar-refractivity contribution >= 4 is 0 Å². The third kappa shape index (κ3) is 4.68. The Hall–Kier alpha value is 0.168. The summed E-state index contributed by atoms with van der Waals surface area (Å²) in [5.41, 5.74) is 2.84. The summed E-state index contributed by atoms with van der Waals surface area (Å²) in [5.74, 6) is 2.33. The molecule has 0 radical (unpaired) electrons. The van der Waals surface area contributed by atoms with Gasteiger partial charge < -0.3 is 5.92 Å². The van der Waals surface area contributed by atoms with Crippen LogP contribution >= 0.6 is 0 Å². The Morgan fingerprint density at radius 3 is 2.73 bits per heavy atom. The molecule has 1 atom stereocenters. The smallest absolute Gasteiger partial charge is 0 e. The van der Waals surface area contributed by atoms with Crippen LogP contribution in [0.4, 0.5) is 0 Å². The number of hydrogen-bond acceptors (Lipinski definition) is 0. The molecule has 86 valence electrons. The van der Waals surface area contributed by atoms with E-state index in [9.17, 15) is 0 Å². The predicted octanol–water partition coefficient (Wildman–Crippen LogP) is 4.68. The second kappa shape index (κ2) is 7.44. The molecule has 15 heavy (non-hydrogen) atoms. The van der Waals surface area contributed by atoms with E-state index in [-0.39, 0.29) is 21.1 Å². The van der Waals surface area contributed by atoms with Gasteiger partial charge in [0.15, 0.2) is 0 Å². The molecule has 0 aliphatic heterocycles. The summed E-state index contributed by atoms with van der Waals surface area (Å²) in [5, 5.41) is 0. The van der Waals surface area contributed by atoms with Crippen LogP contribution in [-0.2, 0) is 21.1 Å². The molecule has 1 rings (SSSR count). The van der Waals surface area contributed by atoms with E-state index in [4.69, 9.17) is 0 Å². The average molecular weight is 287 g/mol. The summed E-state index contributed by atoms with van der Waals surface area (Å²) in [6, 6.07) is 0. The third-order valence-corrected chi connectivity index (χ3v) is 3.44. The number of rotatable bonds is 4. The van der Waals surface area contributed by atoms with Crippen LogP contribution in [0.2, 0.25) is 0 Å². The van der Waals surface area contributed by atoms with Gasteiger partial charge in [0.25, 0.3) is 0 Å². The SMILES string of the molecule is C=C(CC)CCC1C(=C)CCC[C-]1C.[Mo]. The Bertz CT molecular complexity index is 217. The summed E-state index contributed by atoms with van der Waals surface area (Å²) in [4.78, 5) is 0. The molecular formula is C14H23Mo-. The first-order chi connectivity index (χ1) is 6.65. The molecule has 0 bridgehead atoms. The fourth-order valence-electron chi connectivity index (χ4n) is 2.27. The van der Waals surface area contributed by atoms with E-state index in [1.807, 2.05) is 0 Å². The van der Waals surface area contributed by atoms with Crippen molar-refractivity contribution in [1.82, 2.24) is 0 Å². The van der Waals surface area contributed by atoms with Crippen molar-refractivity contribution in [2.75, 3.05) is 0 Å². The van der Waals surface area contributed by atoms with Gasteiger partial charge in [0.2, 0.25) is 0 Å². The summed E-state index contributed by atoms with van der Waals surface area (Å²) in [7, 11) is 0. The van der Waals surface area contributed by atoms with Gasteiger partial charge in [-0.2, -0.15) is 13.3 Å². The fourth-order valence-corrected chi connectivity index (χ4v) is 2.27. The van der Waals surface area contributed by atoms with Crippen molar-refractivity contribution in [2.24, 2.45) is 5.92 Å². The number of allylic oxidation sites excluding steroid dienone is 2. The molecule has 0 aromatic carbocycles. The number of hydrogen-bond donors (Lipinski definition) is 0. The second-order valence-electron chi connectivity index (χ2n) is 4.55. The molecule has 0 aromatic heterocycles. The normalized spacial score (nSPS) is 22.3. The minimum Gasteiger partial charge on any atom is -0.310 e. The quantitative estimate of drug-likeness (QED) is 0.400. The van der Waals surface area contributed by atoms with Gasteiger partial charge in [0, 0.05) is 21.1 Å². The van der Waals surface area contributed by atoms with Gasteiger partial charge in [0.05, 0.1) is 0 Å². The molecule has 1 aliphatic carbocycles. The molecule has 0 N–H and O–H groups in total. The average Bonchev–Trinajstić information content (AvgIpc) is 2.16. The minimum absolute atomic E-state index is 0. The molecule has 1 heteroatoms. The molecule has 0 heterocycles. The van der Waals surface area contributed by atoms with Crippen LogP contribution in [0.15, 0.2) is 24.3 Å². The standard InChI is InChI=1S/C14H23.Mo/c1-5-11(2)9-10-14-12(3)7-6-8-13(14)4;/h14H,2-3,5-10H2,1,4H3;/q-1;. The molecule has 0 nitrogen and oxygen atoms in total. The maximum Gasteiger partial charge on any atom is 0 e. The van der Waals surface area contributed by atoms with E-state index in [1.54, 1.807) is 5.92 Å². The molecule has 1 aliphatic rings. The zero-order valence-electron chi connectivity index (χ0n) is 10.1. The Morgan fingerprint density at radius 2 is 2.20 bits per heavy atom. The fraction of sp³-hybridized carbons (Fsp3) is 0.643. The third-order valence-electron chi connectivity index (χ3n) is 3.44. The summed E-state index contributed by atoms with van der Waals surface area (Å²) in [6.07, 6.45) is 7.41. The van der Waals surface area contributed by atoms with Crippen LogP contribution < -0.4 is 0 Å². The zero-order chi connectivity index (χ0) is 10.6. The second-order valence-corrected chi connectivity index (χ2v) is 4.55. The monoisotopic (exact) mass is 289 g/mol. The minimum atomic E-state index is 0. The summed E-state index contributed by atoms with van der Waals surface area (Å²) in [6.45, 7) is 12.8. The van der Waals surface area contributed by atoms with Gasteiger partial charge in [-0.15, -0.1) is 18.1 Å². The Kier molecular flexibility index (Phi) is 7.53. The van der Waals surface area contributed by atoms with E-state index in [0.29, 0.717) is 5.92 Å². The maximum atomic E-state index is 4.20. The van der Waals surface area contributed by atoms with Crippen molar-refractivity contribution < 1.29 is 21.1 Å². The van der Waals surface area contributed by atoms with Gasteiger partial charge in [0.1, 0.15) is 0 Å². The van der Waals surface area contributed by atoms with Gasteiger partial charge in [-0.3, -0.25) is 0 Å². The van der Waals surface area contributed by atoms with Gasteiger partial charge >= 0.3 is 0 Å². The predicted molar refractivity (Wildman–Crippen MR) is 64.1 cm³/mol. The summed E-state index contributed by atoms with van der Waals surface area (Å²) < 4.78 is 0. The van der Waals surface area contributed by atoms with Crippen LogP contribution in [0.25, 0.3) is 0 Å². The molecule has 0 saturated heterocycles. The van der Waals surface area contributed by atoms with Crippen LogP contribution in [0.1, 0.15) is 52.4 Å². The molecular weight excluding hydrogens is 264 g/mol. The van der Waals surface area contributed by atoms with E-state index in [2.05, 4.69) is 27.0 Å². The Labute approximate surface area is 109 Å². The largest absolute Gasteiger partial charge is 0.310 e. The first-order valence-corrected chi connectivity index (χ1v) is 5.81. The first-order valence-electron chi connectivity index (χ1n) is 5.81. The van der Waals surface area contributed by atoms with E-state index < -0.39 is 0 Å². The van der Waals surface area contributed by atoms with Crippen molar-refractivity contribution in [3.8, 4) is 0 Å². The molecule has 0 spiro atoms. The molecule has 1 saturated carbocycles. The van der Waals surface area contributed by atoms with Gasteiger partial charge in [-0.25, -0.2) is 0 Å².